The number of aliphatic hydroxyl groups excluding tert-OH is 1. The van der Waals surface area contributed by atoms with Gasteiger partial charge in [0.15, 0.2) is 11.5 Å². The van der Waals surface area contributed by atoms with Crippen molar-refractivity contribution < 1.29 is 14.6 Å². The van der Waals surface area contributed by atoms with Gasteiger partial charge < -0.3 is 19.9 Å². The van der Waals surface area contributed by atoms with Gasteiger partial charge in [-0.3, -0.25) is 4.90 Å². The fraction of sp³-hybridized carbons (Fsp3) is 0.600. The number of ether oxygens (including phenoxy) is 2. The molecule has 112 valence electrons. The summed E-state index contributed by atoms with van der Waals surface area (Å²) in [6, 6.07) is 7.56. The van der Waals surface area contributed by atoms with Crippen LogP contribution in [0.2, 0.25) is 0 Å². The molecule has 0 radical (unpaired) electrons. The lowest BCUT2D eigenvalue weighted by Gasteiger charge is -2.29. The fourth-order valence-corrected chi connectivity index (χ4v) is 2.33. The van der Waals surface area contributed by atoms with Gasteiger partial charge in [-0.25, -0.2) is 0 Å². The Hall–Kier alpha value is -1.30. The molecule has 0 aromatic heterocycles. The van der Waals surface area contributed by atoms with Gasteiger partial charge in [0.25, 0.3) is 0 Å². The minimum absolute atomic E-state index is 0.345. The van der Waals surface area contributed by atoms with Crippen LogP contribution in [0.1, 0.15) is 6.42 Å². The molecule has 0 amide bonds. The molecule has 1 heterocycles. The molecule has 20 heavy (non-hydrogen) atoms. The van der Waals surface area contributed by atoms with Crippen LogP contribution in [0.25, 0.3) is 0 Å². The molecule has 1 unspecified atom stereocenters. The summed E-state index contributed by atoms with van der Waals surface area (Å²) in [4.78, 5) is 2.28. The van der Waals surface area contributed by atoms with E-state index < -0.39 is 0 Å². The van der Waals surface area contributed by atoms with E-state index in [1.807, 2.05) is 24.3 Å². The number of para-hydroxylation sites is 2. The second kappa shape index (κ2) is 8.09. The molecular weight excluding hydrogens is 256 g/mol. The van der Waals surface area contributed by atoms with Gasteiger partial charge >= 0.3 is 0 Å². The van der Waals surface area contributed by atoms with E-state index in [1.54, 1.807) is 7.11 Å². The molecule has 0 aliphatic carbocycles. The van der Waals surface area contributed by atoms with Gasteiger partial charge in [0.1, 0.15) is 0 Å². The van der Waals surface area contributed by atoms with Crippen molar-refractivity contribution in [2.45, 2.75) is 12.5 Å². The topological polar surface area (TPSA) is 54.0 Å². The van der Waals surface area contributed by atoms with Gasteiger partial charge in [-0.1, -0.05) is 12.1 Å². The van der Waals surface area contributed by atoms with Crippen LogP contribution in [-0.4, -0.2) is 62.6 Å². The van der Waals surface area contributed by atoms with E-state index in [-0.39, 0.29) is 6.10 Å². The van der Waals surface area contributed by atoms with Crippen LogP contribution >= 0.6 is 0 Å². The Kier molecular flexibility index (Phi) is 6.11. The SMILES string of the molecule is COc1ccccc1OCCC(O)CN1CCNCC1. The van der Waals surface area contributed by atoms with E-state index >= 15 is 0 Å². The lowest BCUT2D eigenvalue weighted by atomic mass is 10.2. The molecule has 0 spiro atoms. The minimum atomic E-state index is -0.345. The number of aliphatic hydroxyl groups is 1. The van der Waals surface area contributed by atoms with Crippen molar-refractivity contribution in [3.63, 3.8) is 0 Å². The summed E-state index contributed by atoms with van der Waals surface area (Å²) in [5.74, 6) is 1.45. The zero-order valence-corrected chi connectivity index (χ0v) is 12.0. The third-order valence-corrected chi connectivity index (χ3v) is 3.46. The van der Waals surface area contributed by atoms with Gasteiger partial charge in [-0.05, 0) is 12.1 Å². The highest BCUT2D eigenvalue weighted by Gasteiger charge is 2.14. The van der Waals surface area contributed by atoms with E-state index in [0.717, 1.165) is 44.2 Å². The Balaban J connectivity index is 1.69. The number of nitrogens with one attached hydrogen (secondary N) is 1. The van der Waals surface area contributed by atoms with Crippen molar-refractivity contribution >= 4 is 0 Å². The number of β-amino-alcohol motifs (C(OH)–C–C–N with tert-alkyl or cyclic N) is 1. The normalized spacial score (nSPS) is 17.7. The monoisotopic (exact) mass is 280 g/mol. The summed E-state index contributed by atoms with van der Waals surface area (Å²) >= 11 is 0. The quantitative estimate of drug-likeness (QED) is 0.771. The zero-order chi connectivity index (χ0) is 14.2. The van der Waals surface area contributed by atoms with Crippen LogP contribution in [0.4, 0.5) is 0 Å². The molecule has 0 saturated carbocycles. The molecule has 1 aliphatic rings. The maximum absolute atomic E-state index is 10.0. The fourth-order valence-electron chi connectivity index (χ4n) is 2.33. The Labute approximate surface area is 120 Å². The predicted molar refractivity (Wildman–Crippen MR) is 78.4 cm³/mol. The summed E-state index contributed by atoms with van der Waals surface area (Å²) in [6.45, 7) is 5.23. The highest BCUT2D eigenvalue weighted by atomic mass is 16.5. The Morgan fingerprint density at radius 3 is 2.65 bits per heavy atom. The number of nitrogens with zero attached hydrogens (tertiary/aromatic N) is 1. The first-order valence-electron chi connectivity index (χ1n) is 7.16. The number of hydrogen-bond acceptors (Lipinski definition) is 5. The van der Waals surface area contributed by atoms with Gasteiger partial charge in [0.05, 0.1) is 19.8 Å². The number of methoxy groups -OCH3 is 1. The van der Waals surface area contributed by atoms with Crippen molar-refractivity contribution in [2.24, 2.45) is 0 Å². The average molecular weight is 280 g/mol. The van der Waals surface area contributed by atoms with Crippen LogP contribution in [0.3, 0.4) is 0 Å². The van der Waals surface area contributed by atoms with Crippen molar-refractivity contribution in [3.05, 3.63) is 24.3 Å². The van der Waals surface area contributed by atoms with E-state index in [0.29, 0.717) is 13.0 Å². The number of rotatable bonds is 7. The van der Waals surface area contributed by atoms with Gasteiger partial charge in [0.2, 0.25) is 0 Å². The van der Waals surface area contributed by atoms with Crippen LogP contribution in [0, 0.1) is 0 Å². The average Bonchev–Trinajstić information content (AvgIpc) is 2.49. The molecule has 5 heteroatoms. The molecule has 1 aromatic carbocycles. The molecule has 2 N–H and O–H groups in total. The standard InChI is InChI=1S/C15H24N2O3/c1-19-14-4-2-3-5-15(14)20-11-6-13(18)12-17-9-7-16-8-10-17/h2-5,13,16,18H,6-12H2,1H3. The van der Waals surface area contributed by atoms with Crippen LogP contribution < -0.4 is 14.8 Å². The van der Waals surface area contributed by atoms with E-state index in [1.165, 1.54) is 0 Å². The number of piperazine rings is 1. The Morgan fingerprint density at radius 1 is 1.25 bits per heavy atom. The molecule has 1 saturated heterocycles. The first-order valence-corrected chi connectivity index (χ1v) is 7.16. The number of benzene rings is 1. The highest BCUT2D eigenvalue weighted by molar-refractivity contribution is 5.39. The Morgan fingerprint density at radius 2 is 1.95 bits per heavy atom. The lowest BCUT2D eigenvalue weighted by Crippen LogP contribution is -2.46. The summed E-state index contributed by atoms with van der Waals surface area (Å²) in [5, 5.41) is 13.3. The molecular formula is C15H24N2O3. The van der Waals surface area contributed by atoms with Gasteiger partial charge in [-0.15, -0.1) is 0 Å². The van der Waals surface area contributed by atoms with Crippen molar-refractivity contribution in [3.8, 4) is 11.5 Å². The maximum Gasteiger partial charge on any atom is 0.161 e. The van der Waals surface area contributed by atoms with Crippen LogP contribution in [0.15, 0.2) is 24.3 Å². The minimum Gasteiger partial charge on any atom is -0.493 e. The van der Waals surface area contributed by atoms with E-state index in [2.05, 4.69) is 10.2 Å². The molecule has 1 aliphatic heterocycles. The second-order valence-corrected chi connectivity index (χ2v) is 4.99. The summed E-state index contributed by atoms with van der Waals surface area (Å²) in [5.41, 5.74) is 0. The predicted octanol–water partition coefficient (Wildman–Crippen LogP) is 0.730. The van der Waals surface area contributed by atoms with Crippen LogP contribution in [-0.2, 0) is 0 Å². The molecule has 1 aromatic rings. The first-order chi connectivity index (χ1) is 9.79. The second-order valence-electron chi connectivity index (χ2n) is 4.99. The van der Waals surface area contributed by atoms with Gasteiger partial charge in [-0.2, -0.15) is 0 Å². The first kappa shape index (κ1) is 15.1. The van der Waals surface area contributed by atoms with E-state index in [9.17, 15) is 5.11 Å². The summed E-state index contributed by atoms with van der Waals surface area (Å²) in [7, 11) is 1.63. The lowest BCUT2D eigenvalue weighted by molar-refractivity contribution is 0.0853. The Bertz CT molecular complexity index is 394. The molecule has 0 bridgehead atoms. The smallest absolute Gasteiger partial charge is 0.161 e. The third-order valence-electron chi connectivity index (χ3n) is 3.46. The largest absolute Gasteiger partial charge is 0.493 e. The van der Waals surface area contributed by atoms with E-state index in [4.69, 9.17) is 9.47 Å². The number of hydrogen-bond donors (Lipinski definition) is 2. The zero-order valence-electron chi connectivity index (χ0n) is 12.0. The van der Waals surface area contributed by atoms with Crippen molar-refractivity contribution in [2.75, 3.05) is 46.4 Å². The maximum atomic E-state index is 10.0. The highest BCUT2D eigenvalue weighted by Crippen LogP contribution is 2.25. The van der Waals surface area contributed by atoms with Crippen LogP contribution in [0.5, 0.6) is 11.5 Å². The molecule has 1 atom stereocenters. The van der Waals surface area contributed by atoms with Crippen molar-refractivity contribution in [1.82, 2.24) is 10.2 Å². The summed E-state index contributed by atoms with van der Waals surface area (Å²) < 4.78 is 10.9. The van der Waals surface area contributed by atoms with Gasteiger partial charge in [0, 0.05) is 39.1 Å². The molecule has 1 fully saturated rings. The molecule has 2 rings (SSSR count). The third kappa shape index (κ3) is 4.67. The van der Waals surface area contributed by atoms with Crippen molar-refractivity contribution in [1.29, 1.82) is 0 Å². The molecule has 5 nitrogen and oxygen atoms in total. The summed E-state index contributed by atoms with van der Waals surface area (Å²) in [6.07, 6.45) is 0.282.